The first-order valence-corrected chi connectivity index (χ1v) is 12.7. The molecule has 0 aliphatic carbocycles. The maximum atomic E-state index is 13.2. The first kappa shape index (κ1) is 24.0. The van der Waals surface area contributed by atoms with Crippen LogP contribution in [-0.2, 0) is 23.0 Å². The van der Waals surface area contributed by atoms with E-state index in [4.69, 9.17) is 11.6 Å². The Morgan fingerprint density at radius 1 is 0.941 bits per heavy atom. The predicted molar refractivity (Wildman–Crippen MR) is 136 cm³/mol. The summed E-state index contributed by atoms with van der Waals surface area (Å²) in [5.41, 5.74) is 3.40. The summed E-state index contributed by atoms with van der Waals surface area (Å²) in [7, 11) is -0.586. The van der Waals surface area contributed by atoms with Crippen molar-refractivity contribution in [2.45, 2.75) is 17.9 Å². The maximum Gasteiger partial charge on any atom is 0.267 e. The molecule has 4 rings (SSSR count). The van der Waals surface area contributed by atoms with Crippen LogP contribution in [0.15, 0.2) is 83.8 Å². The molecule has 4 aromatic rings. The van der Waals surface area contributed by atoms with Crippen molar-refractivity contribution in [3.05, 3.63) is 101 Å². The van der Waals surface area contributed by atoms with E-state index >= 15 is 0 Å². The van der Waals surface area contributed by atoms with E-state index in [0.29, 0.717) is 35.6 Å². The smallest absolute Gasteiger partial charge is 0.267 e. The number of sulfonamides is 1. The van der Waals surface area contributed by atoms with Crippen LogP contribution in [0.3, 0.4) is 0 Å². The molecule has 0 aliphatic rings. The molecule has 1 heterocycles. The number of halogens is 1. The average molecular weight is 496 g/mol. The normalized spacial score (nSPS) is 11.8. The number of hydrogen-bond acceptors (Lipinski definition) is 3. The highest BCUT2D eigenvalue weighted by atomic mass is 35.5. The molecule has 3 aromatic carbocycles. The lowest BCUT2D eigenvalue weighted by Crippen LogP contribution is -2.28. The Kier molecular flexibility index (Phi) is 7.07. The van der Waals surface area contributed by atoms with Gasteiger partial charge in [-0.2, -0.15) is 0 Å². The van der Waals surface area contributed by atoms with Crippen LogP contribution in [0.1, 0.15) is 21.6 Å². The first-order valence-electron chi connectivity index (χ1n) is 10.9. The van der Waals surface area contributed by atoms with Gasteiger partial charge < -0.3 is 9.88 Å². The number of carbonyl (C=O) groups is 1. The van der Waals surface area contributed by atoms with Crippen LogP contribution in [0.2, 0.25) is 5.02 Å². The van der Waals surface area contributed by atoms with Crippen LogP contribution in [0.4, 0.5) is 0 Å². The Balaban J connectivity index is 1.65. The van der Waals surface area contributed by atoms with Gasteiger partial charge in [-0.15, -0.1) is 0 Å². The molecule has 0 aliphatic heterocycles. The van der Waals surface area contributed by atoms with Crippen molar-refractivity contribution >= 4 is 38.4 Å². The Labute approximate surface area is 204 Å². The van der Waals surface area contributed by atoms with Crippen LogP contribution in [-0.4, -0.2) is 43.8 Å². The van der Waals surface area contributed by atoms with Gasteiger partial charge in [0.15, 0.2) is 0 Å². The highest BCUT2D eigenvalue weighted by Crippen LogP contribution is 2.26. The SMILES string of the molecule is CN(C)S(=O)(=O)c1ccc2c(c1)cc(C(=O)NCCc1ccc(Cl)cc1)n2Cc1ccccc1. The van der Waals surface area contributed by atoms with Crippen molar-refractivity contribution < 1.29 is 13.2 Å². The van der Waals surface area contributed by atoms with Gasteiger partial charge in [0.2, 0.25) is 10.0 Å². The molecule has 1 amide bonds. The molecule has 1 N–H and O–H groups in total. The topological polar surface area (TPSA) is 71.4 Å². The summed E-state index contributed by atoms with van der Waals surface area (Å²) >= 11 is 5.94. The second-order valence-corrected chi connectivity index (χ2v) is 10.8. The van der Waals surface area contributed by atoms with Crippen molar-refractivity contribution in [1.82, 2.24) is 14.2 Å². The standard InChI is InChI=1S/C26H26ClN3O3S/c1-29(2)34(32,33)23-12-13-24-21(16-23)17-25(30(24)18-20-6-4-3-5-7-20)26(31)28-15-14-19-8-10-22(27)11-9-19/h3-13,16-17H,14-15,18H2,1-2H3,(H,28,31). The second kappa shape index (κ2) is 10.0. The first-order chi connectivity index (χ1) is 16.3. The van der Waals surface area contributed by atoms with Crippen molar-refractivity contribution in [2.75, 3.05) is 20.6 Å². The number of nitrogens with one attached hydrogen (secondary N) is 1. The Bertz CT molecular complexity index is 1410. The minimum atomic E-state index is -3.58. The van der Waals surface area contributed by atoms with E-state index in [1.165, 1.54) is 18.4 Å². The average Bonchev–Trinajstić information content (AvgIpc) is 3.18. The molecular weight excluding hydrogens is 470 g/mol. The fraction of sp³-hybridized carbons (Fsp3) is 0.192. The quantitative estimate of drug-likeness (QED) is 0.389. The van der Waals surface area contributed by atoms with Crippen molar-refractivity contribution in [3.8, 4) is 0 Å². The lowest BCUT2D eigenvalue weighted by molar-refractivity contribution is 0.0945. The summed E-state index contributed by atoms with van der Waals surface area (Å²) < 4.78 is 28.3. The van der Waals surface area contributed by atoms with Gasteiger partial charge in [-0.25, -0.2) is 12.7 Å². The number of benzene rings is 3. The molecule has 0 unspecified atom stereocenters. The fourth-order valence-corrected chi connectivity index (χ4v) is 4.87. The molecule has 0 bridgehead atoms. The Morgan fingerprint density at radius 3 is 2.32 bits per heavy atom. The molecule has 1 aromatic heterocycles. The molecule has 0 atom stereocenters. The number of fused-ring (bicyclic) bond motifs is 1. The van der Waals surface area contributed by atoms with Crippen LogP contribution >= 0.6 is 11.6 Å². The molecule has 34 heavy (non-hydrogen) atoms. The number of nitrogens with zero attached hydrogens (tertiary/aromatic N) is 2. The number of carbonyl (C=O) groups excluding carboxylic acids is 1. The van der Waals surface area contributed by atoms with E-state index in [1.54, 1.807) is 24.3 Å². The Morgan fingerprint density at radius 2 is 1.65 bits per heavy atom. The number of hydrogen-bond donors (Lipinski definition) is 1. The van der Waals surface area contributed by atoms with Gasteiger partial charge in [-0.1, -0.05) is 54.1 Å². The van der Waals surface area contributed by atoms with E-state index in [-0.39, 0.29) is 10.8 Å². The van der Waals surface area contributed by atoms with Gasteiger partial charge in [0, 0.05) is 43.1 Å². The van der Waals surface area contributed by atoms with Gasteiger partial charge in [0.05, 0.1) is 4.90 Å². The molecule has 0 saturated heterocycles. The van der Waals surface area contributed by atoms with Crippen LogP contribution < -0.4 is 5.32 Å². The summed E-state index contributed by atoms with van der Waals surface area (Å²) in [4.78, 5) is 13.4. The van der Waals surface area contributed by atoms with E-state index in [9.17, 15) is 13.2 Å². The molecule has 0 spiro atoms. The second-order valence-electron chi connectivity index (χ2n) is 8.24. The van der Waals surface area contributed by atoms with Crippen LogP contribution in [0.5, 0.6) is 0 Å². The lowest BCUT2D eigenvalue weighted by Gasteiger charge is -2.13. The van der Waals surface area contributed by atoms with E-state index in [1.807, 2.05) is 59.2 Å². The minimum Gasteiger partial charge on any atom is -0.350 e. The van der Waals surface area contributed by atoms with E-state index in [0.717, 1.165) is 16.6 Å². The zero-order valence-electron chi connectivity index (χ0n) is 19.0. The van der Waals surface area contributed by atoms with E-state index < -0.39 is 10.0 Å². The largest absolute Gasteiger partial charge is 0.350 e. The van der Waals surface area contributed by atoms with Gasteiger partial charge in [0.1, 0.15) is 5.69 Å². The predicted octanol–water partition coefficient (Wildman–Crippen LogP) is 4.57. The van der Waals surface area contributed by atoms with Crippen LogP contribution in [0, 0.1) is 0 Å². The number of amides is 1. The maximum absolute atomic E-state index is 13.2. The van der Waals surface area contributed by atoms with Gasteiger partial charge >= 0.3 is 0 Å². The minimum absolute atomic E-state index is 0.191. The van der Waals surface area contributed by atoms with Crippen LogP contribution in [0.25, 0.3) is 10.9 Å². The summed E-state index contributed by atoms with van der Waals surface area (Å²) in [6, 6.07) is 24.1. The Hall–Kier alpha value is -3.13. The van der Waals surface area contributed by atoms with Gasteiger partial charge in [-0.05, 0) is 53.9 Å². The zero-order valence-corrected chi connectivity index (χ0v) is 20.6. The molecule has 0 saturated carbocycles. The fourth-order valence-electron chi connectivity index (χ4n) is 3.81. The molecular formula is C26H26ClN3O3S. The van der Waals surface area contributed by atoms with Crippen molar-refractivity contribution in [3.63, 3.8) is 0 Å². The summed E-state index contributed by atoms with van der Waals surface area (Å²) in [6.07, 6.45) is 0.674. The number of aromatic nitrogens is 1. The van der Waals surface area contributed by atoms with Crippen molar-refractivity contribution in [2.24, 2.45) is 0 Å². The lowest BCUT2D eigenvalue weighted by atomic mass is 10.1. The van der Waals surface area contributed by atoms with Crippen molar-refractivity contribution in [1.29, 1.82) is 0 Å². The van der Waals surface area contributed by atoms with E-state index in [2.05, 4.69) is 5.32 Å². The summed E-state index contributed by atoms with van der Waals surface area (Å²) in [5, 5.41) is 4.36. The van der Waals surface area contributed by atoms with Gasteiger partial charge in [-0.3, -0.25) is 4.79 Å². The molecule has 176 valence electrons. The molecule has 0 fully saturated rings. The molecule has 6 nitrogen and oxygen atoms in total. The monoisotopic (exact) mass is 495 g/mol. The number of rotatable bonds is 8. The summed E-state index contributed by atoms with van der Waals surface area (Å²) in [5.74, 6) is -0.210. The molecule has 8 heteroatoms. The highest BCUT2D eigenvalue weighted by molar-refractivity contribution is 7.89. The highest BCUT2D eigenvalue weighted by Gasteiger charge is 2.21. The third-order valence-corrected chi connectivity index (χ3v) is 7.74. The zero-order chi connectivity index (χ0) is 24.3. The third kappa shape index (κ3) is 5.17. The molecule has 0 radical (unpaired) electrons. The third-order valence-electron chi connectivity index (χ3n) is 5.68. The van der Waals surface area contributed by atoms with Gasteiger partial charge in [0.25, 0.3) is 5.91 Å². The summed E-state index contributed by atoms with van der Waals surface area (Å²) in [6.45, 7) is 0.956.